The molecule has 0 aromatic heterocycles. The second-order valence-corrected chi connectivity index (χ2v) is 10.9. The first-order valence-corrected chi connectivity index (χ1v) is 13.7. The molecule has 2 aliphatic rings. The van der Waals surface area contributed by atoms with Gasteiger partial charge in [-0.1, -0.05) is 12.5 Å². The summed E-state index contributed by atoms with van der Waals surface area (Å²) in [4.78, 5) is 17.7. The molecule has 2 aliphatic heterocycles. The summed E-state index contributed by atoms with van der Waals surface area (Å²) in [6, 6.07) is 12.6. The molecule has 34 heavy (non-hydrogen) atoms. The van der Waals surface area contributed by atoms with E-state index in [0.717, 1.165) is 29.8 Å². The van der Waals surface area contributed by atoms with Crippen molar-refractivity contribution in [1.29, 1.82) is 0 Å². The molecule has 1 N–H and O–H groups in total. The van der Waals surface area contributed by atoms with Crippen molar-refractivity contribution in [2.75, 3.05) is 46.4 Å². The minimum Gasteiger partial charge on any atom is -0.494 e. The maximum Gasteiger partial charge on any atom is 0.253 e. The Kier molecular flexibility index (Phi) is 8.24. The third kappa shape index (κ3) is 6.17. The van der Waals surface area contributed by atoms with E-state index in [0.29, 0.717) is 38.1 Å². The molecular formula is C26H35N3O4S. The van der Waals surface area contributed by atoms with Gasteiger partial charge in [-0.3, -0.25) is 4.79 Å². The van der Waals surface area contributed by atoms with Gasteiger partial charge in [0.25, 0.3) is 5.91 Å². The highest BCUT2D eigenvalue weighted by Crippen LogP contribution is 2.22. The maximum absolute atomic E-state index is 13.1. The van der Waals surface area contributed by atoms with E-state index in [9.17, 15) is 13.2 Å². The topological polar surface area (TPSA) is 79.0 Å². The molecule has 0 spiro atoms. The SMILES string of the molecule is CNS(=O)(=O)c1ccc2c(c1)CCN(C(=O)c1ccc(OCCCN3CCCCC3)cc1)CC2. The summed E-state index contributed by atoms with van der Waals surface area (Å²) >= 11 is 0. The van der Waals surface area contributed by atoms with Crippen molar-refractivity contribution in [3.05, 3.63) is 59.2 Å². The smallest absolute Gasteiger partial charge is 0.253 e. The third-order valence-corrected chi connectivity index (χ3v) is 8.20. The summed E-state index contributed by atoms with van der Waals surface area (Å²) < 4.78 is 32.5. The molecule has 4 rings (SSSR count). The number of hydrogen-bond donors (Lipinski definition) is 1. The highest BCUT2D eigenvalue weighted by Gasteiger charge is 2.21. The van der Waals surface area contributed by atoms with Crippen molar-refractivity contribution in [3.63, 3.8) is 0 Å². The number of ether oxygens (including phenoxy) is 1. The van der Waals surface area contributed by atoms with Crippen molar-refractivity contribution in [2.24, 2.45) is 0 Å². The number of carbonyl (C=O) groups is 1. The number of fused-ring (bicyclic) bond motifs is 1. The summed E-state index contributed by atoms with van der Waals surface area (Å²) in [7, 11) is -2.07. The van der Waals surface area contributed by atoms with Gasteiger partial charge in [0.2, 0.25) is 10.0 Å². The van der Waals surface area contributed by atoms with Crippen LogP contribution >= 0.6 is 0 Å². The van der Waals surface area contributed by atoms with E-state index >= 15 is 0 Å². The van der Waals surface area contributed by atoms with E-state index in [1.165, 1.54) is 39.4 Å². The summed E-state index contributed by atoms with van der Waals surface area (Å²) in [5, 5.41) is 0. The van der Waals surface area contributed by atoms with E-state index in [-0.39, 0.29) is 10.8 Å². The lowest BCUT2D eigenvalue weighted by molar-refractivity contribution is 0.0763. The Morgan fingerprint density at radius 3 is 2.35 bits per heavy atom. The molecule has 2 aromatic carbocycles. The number of rotatable bonds is 8. The standard InChI is InChI=1S/C26H35N3O4S/c1-27-34(31,32)25-11-8-21-12-17-29(18-13-23(21)20-25)26(30)22-6-9-24(10-7-22)33-19-5-16-28-14-3-2-4-15-28/h6-11,20,27H,2-5,12-19H2,1H3. The molecule has 0 atom stereocenters. The van der Waals surface area contributed by atoms with Gasteiger partial charge >= 0.3 is 0 Å². The van der Waals surface area contributed by atoms with E-state index in [4.69, 9.17) is 4.74 Å². The van der Waals surface area contributed by atoms with Gasteiger partial charge < -0.3 is 14.5 Å². The normalized spacial score (nSPS) is 17.1. The predicted molar refractivity (Wildman–Crippen MR) is 133 cm³/mol. The van der Waals surface area contributed by atoms with Crippen LogP contribution in [0.15, 0.2) is 47.4 Å². The molecule has 0 aliphatic carbocycles. The third-order valence-electron chi connectivity index (χ3n) is 6.78. The number of nitrogens with one attached hydrogen (secondary N) is 1. The molecule has 1 saturated heterocycles. The Hall–Kier alpha value is -2.42. The van der Waals surface area contributed by atoms with Gasteiger partial charge in [-0.25, -0.2) is 13.1 Å². The minimum absolute atomic E-state index is 0.00692. The molecule has 1 amide bonds. The van der Waals surface area contributed by atoms with Gasteiger partial charge in [-0.05, 0) is 99.8 Å². The Labute approximate surface area is 203 Å². The average Bonchev–Trinajstić information content (AvgIpc) is 3.09. The predicted octanol–water partition coefficient (Wildman–Crippen LogP) is 3.09. The molecule has 7 nitrogen and oxygen atoms in total. The number of amides is 1. The Balaban J connectivity index is 1.29. The van der Waals surface area contributed by atoms with E-state index < -0.39 is 10.0 Å². The van der Waals surface area contributed by atoms with Crippen molar-refractivity contribution in [2.45, 2.75) is 43.4 Å². The van der Waals surface area contributed by atoms with Crippen LogP contribution in [0.2, 0.25) is 0 Å². The number of likely N-dealkylation sites (tertiary alicyclic amines) is 1. The van der Waals surface area contributed by atoms with E-state index in [1.54, 1.807) is 12.1 Å². The Morgan fingerprint density at radius 1 is 0.941 bits per heavy atom. The number of sulfonamides is 1. The Morgan fingerprint density at radius 2 is 1.65 bits per heavy atom. The Bertz CT molecular complexity index is 1080. The number of nitrogens with zero attached hydrogens (tertiary/aromatic N) is 2. The zero-order valence-corrected chi connectivity index (χ0v) is 20.8. The first-order valence-electron chi connectivity index (χ1n) is 12.3. The molecule has 0 saturated carbocycles. The quantitative estimate of drug-likeness (QED) is 0.582. The van der Waals surface area contributed by atoms with Crippen LogP contribution in [0, 0.1) is 0 Å². The molecule has 1 fully saturated rings. The molecule has 184 valence electrons. The zero-order valence-electron chi connectivity index (χ0n) is 20.0. The van der Waals surface area contributed by atoms with Crippen LogP contribution < -0.4 is 9.46 Å². The van der Waals surface area contributed by atoms with Gasteiger partial charge in [0.05, 0.1) is 11.5 Å². The van der Waals surface area contributed by atoms with Gasteiger partial charge in [0, 0.05) is 25.2 Å². The molecule has 0 unspecified atom stereocenters. The summed E-state index contributed by atoms with van der Waals surface area (Å²) in [6.45, 7) is 5.33. The highest BCUT2D eigenvalue weighted by atomic mass is 32.2. The second kappa shape index (κ2) is 11.3. The van der Waals surface area contributed by atoms with Gasteiger partial charge in [0.15, 0.2) is 0 Å². The lowest BCUT2D eigenvalue weighted by Gasteiger charge is -2.26. The van der Waals surface area contributed by atoms with Crippen molar-refractivity contribution >= 4 is 15.9 Å². The largest absolute Gasteiger partial charge is 0.494 e. The second-order valence-electron chi connectivity index (χ2n) is 9.06. The van der Waals surface area contributed by atoms with Crippen LogP contribution in [0.3, 0.4) is 0 Å². The van der Waals surface area contributed by atoms with Crippen LogP contribution in [0.25, 0.3) is 0 Å². The minimum atomic E-state index is -3.48. The average molecular weight is 486 g/mol. The summed E-state index contributed by atoms with van der Waals surface area (Å²) in [6.07, 6.45) is 6.31. The molecule has 2 heterocycles. The molecule has 8 heteroatoms. The molecular weight excluding hydrogens is 450 g/mol. The number of benzene rings is 2. The van der Waals surface area contributed by atoms with Crippen LogP contribution in [-0.4, -0.2) is 70.5 Å². The van der Waals surface area contributed by atoms with E-state index in [2.05, 4.69) is 9.62 Å². The van der Waals surface area contributed by atoms with Gasteiger partial charge in [-0.2, -0.15) is 0 Å². The van der Waals surface area contributed by atoms with Crippen molar-refractivity contribution in [3.8, 4) is 5.75 Å². The van der Waals surface area contributed by atoms with Crippen LogP contribution in [0.4, 0.5) is 0 Å². The zero-order chi connectivity index (χ0) is 24.0. The van der Waals surface area contributed by atoms with Gasteiger partial charge in [-0.15, -0.1) is 0 Å². The fourth-order valence-electron chi connectivity index (χ4n) is 4.73. The fourth-order valence-corrected chi connectivity index (χ4v) is 5.51. The van der Waals surface area contributed by atoms with Crippen LogP contribution in [0.5, 0.6) is 5.75 Å². The number of carbonyl (C=O) groups excluding carboxylic acids is 1. The molecule has 2 aromatic rings. The van der Waals surface area contributed by atoms with Crippen molar-refractivity contribution < 1.29 is 17.9 Å². The molecule has 0 bridgehead atoms. The lowest BCUT2D eigenvalue weighted by Crippen LogP contribution is -2.33. The van der Waals surface area contributed by atoms with Crippen LogP contribution in [-0.2, 0) is 22.9 Å². The van der Waals surface area contributed by atoms with E-state index in [1.807, 2.05) is 35.2 Å². The maximum atomic E-state index is 13.1. The highest BCUT2D eigenvalue weighted by molar-refractivity contribution is 7.89. The van der Waals surface area contributed by atoms with Gasteiger partial charge in [0.1, 0.15) is 5.75 Å². The molecule has 0 radical (unpaired) electrons. The van der Waals surface area contributed by atoms with Crippen molar-refractivity contribution in [1.82, 2.24) is 14.5 Å². The summed E-state index contributed by atoms with van der Waals surface area (Å²) in [5.41, 5.74) is 2.73. The number of hydrogen-bond acceptors (Lipinski definition) is 5. The summed E-state index contributed by atoms with van der Waals surface area (Å²) in [5.74, 6) is 0.782. The fraction of sp³-hybridized carbons (Fsp3) is 0.500. The lowest BCUT2D eigenvalue weighted by atomic mass is 10.0. The van der Waals surface area contributed by atoms with Crippen LogP contribution in [0.1, 0.15) is 47.2 Å². The monoisotopic (exact) mass is 485 g/mol. The first kappa shape index (κ1) is 24.7. The number of piperidine rings is 1. The first-order chi connectivity index (χ1) is 16.5.